The number of furan rings is 1. The summed E-state index contributed by atoms with van der Waals surface area (Å²) in [5, 5.41) is 0.0324. The summed E-state index contributed by atoms with van der Waals surface area (Å²) in [6.07, 6.45) is 1.12. The first-order valence-electron chi connectivity index (χ1n) is 8.90. The molecule has 1 aliphatic rings. The van der Waals surface area contributed by atoms with Crippen molar-refractivity contribution in [2.24, 2.45) is 0 Å². The highest BCUT2D eigenvalue weighted by molar-refractivity contribution is 6.03. The van der Waals surface area contributed by atoms with Gasteiger partial charge in [-0.25, -0.2) is 9.78 Å². The Morgan fingerprint density at radius 3 is 2.59 bits per heavy atom. The molecule has 9 nitrogen and oxygen atoms in total. The van der Waals surface area contributed by atoms with Crippen molar-refractivity contribution in [3.8, 4) is 0 Å². The highest BCUT2D eigenvalue weighted by Gasteiger charge is 2.28. The van der Waals surface area contributed by atoms with E-state index in [9.17, 15) is 14.4 Å². The Hall–Kier alpha value is -2.68. The van der Waals surface area contributed by atoms with Gasteiger partial charge in [0.15, 0.2) is 0 Å². The first-order valence-corrected chi connectivity index (χ1v) is 8.90. The second kappa shape index (κ2) is 7.51. The average Bonchev–Trinajstić information content (AvgIpc) is 2.93. The summed E-state index contributed by atoms with van der Waals surface area (Å²) >= 11 is 0. The van der Waals surface area contributed by atoms with Crippen molar-refractivity contribution in [3.05, 3.63) is 28.0 Å². The van der Waals surface area contributed by atoms with Gasteiger partial charge in [-0.3, -0.25) is 14.2 Å². The number of aromatic nitrogens is 2. The van der Waals surface area contributed by atoms with Gasteiger partial charge < -0.3 is 18.8 Å². The maximum absolute atomic E-state index is 12.9. The van der Waals surface area contributed by atoms with E-state index in [0.717, 1.165) is 0 Å². The van der Waals surface area contributed by atoms with E-state index in [1.807, 2.05) is 13.8 Å². The van der Waals surface area contributed by atoms with Gasteiger partial charge in [-0.2, -0.15) is 0 Å². The molecule has 9 heteroatoms. The number of ether oxygens (including phenoxy) is 2. The van der Waals surface area contributed by atoms with E-state index in [0.29, 0.717) is 13.1 Å². The van der Waals surface area contributed by atoms with Gasteiger partial charge in [0, 0.05) is 13.1 Å². The first kappa shape index (κ1) is 19.1. The fourth-order valence-corrected chi connectivity index (χ4v) is 3.33. The van der Waals surface area contributed by atoms with Gasteiger partial charge in [-0.1, -0.05) is 0 Å². The van der Waals surface area contributed by atoms with Gasteiger partial charge in [0.2, 0.25) is 11.6 Å². The van der Waals surface area contributed by atoms with E-state index in [1.165, 1.54) is 10.9 Å². The Bertz CT molecular complexity index is 921. The van der Waals surface area contributed by atoms with Crippen LogP contribution >= 0.6 is 0 Å². The lowest BCUT2D eigenvalue weighted by Crippen LogP contribution is -2.49. The molecule has 0 saturated carbocycles. The Balaban J connectivity index is 1.93. The first-order chi connectivity index (χ1) is 12.8. The number of rotatable bonds is 4. The molecule has 0 spiro atoms. The Morgan fingerprint density at radius 2 is 1.96 bits per heavy atom. The lowest BCUT2D eigenvalue weighted by atomic mass is 10.2. The molecule has 0 aromatic carbocycles. The number of fused-ring (bicyclic) bond motifs is 1. The van der Waals surface area contributed by atoms with Crippen LogP contribution in [0.4, 0.5) is 0 Å². The molecule has 0 unspecified atom stereocenters. The van der Waals surface area contributed by atoms with Crippen LogP contribution in [0.5, 0.6) is 0 Å². The van der Waals surface area contributed by atoms with E-state index >= 15 is 0 Å². The van der Waals surface area contributed by atoms with Crippen molar-refractivity contribution in [1.82, 2.24) is 14.5 Å². The smallest absolute Gasteiger partial charge is 0.342 e. The number of hydrogen-bond donors (Lipinski definition) is 0. The largest absolute Gasteiger partial charge is 0.462 e. The van der Waals surface area contributed by atoms with Crippen molar-refractivity contribution in [2.45, 2.75) is 46.4 Å². The van der Waals surface area contributed by atoms with E-state index < -0.39 is 11.5 Å². The molecule has 2 atom stereocenters. The van der Waals surface area contributed by atoms with Crippen molar-refractivity contribution in [3.63, 3.8) is 0 Å². The van der Waals surface area contributed by atoms with Crippen LogP contribution < -0.4 is 5.56 Å². The van der Waals surface area contributed by atoms with Gasteiger partial charge in [-0.15, -0.1) is 0 Å². The molecule has 0 radical (unpaired) electrons. The van der Waals surface area contributed by atoms with Crippen molar-refractivity contribution >= 4 is 23.0 Å². The lowest BCUT2D eigenvalue weighted by molar-refractivity contribution is -0.143. The topological polar surface area (TPSA) is 104 Å². The summed E-state index contributed by atoms with van der Waals surface area (Å²) in [7, 11) is 0. The standard InChI is InChI=1S/C18H23N3O6/c1-5-25-18(24)14-12(4)27-16-15(14)17(23)21(9-19-16)8-13(22)20-6-10(2)26-11(3)7-20/h9-11H,5-8H2,1-4H3/t10-,11+. The molecule has 3 rings (SSSR count). The van der Waals surface area contributed by atoms with Crippen LogP contribution in [0.25, 0.3) is 11.1 Å². The molecule has 0 N–H and O–H groups in total. The van der Waals surface area contributed by atoms with Gasteiger partial charge >= 0.3 is 5.97 Å². The number of esters is 1. The molecule has 27 heavy (non-hydrogen) atoms. The third-order valence-corrected chi connectivity index (χ3v) is 4.41. The number of aryl methyl sites for hydroxylation is 1. The Labute approximate surface area is 155 Å². The second-order valence-electron chi connectivity index (χ2n) is 6.67. The number of amides is 1. The van der Waals surface area contributed by atoms with Crippen LogP contribution in [0, 0.1) is 6.92 Å². The molecule has 1 aliphatic heterocycles. The predicted molar refractivity (Wildman–Crippen MR) is 95.6 cm³/mol. The summed E-state index contributed by atoms with van der Waals surface area (Å²) in [6, 6.07) is 0. The number of carbonyl (C=O) groups is 2. The SMILES string of the molecule is CCOC(=O)c1c(C)oc2ncn(CC(=O)N3C[C@@H](C)O[C@@H](C)C3)c(=O)c12. The van der Waals surface area contributed by atoms with Crippen LogP contribution in [-0.2, 0) is 20.8 Å². The van der Waals surface area contributed by atoms with Gasteiger partial charge in [0.1, 0.15) is 29.6 Å². The van der Waals surface area contributed by atoms with Crippen LogP contribution in [0.15, 0.2) is 15.5 Å². The third kappa shape index (κ3) is 3.73. The van der Waals surface area contributed by atoms with E-state index in [4.69, 9.17) is 13.9 Å². The van der Waals surface area contributed by atoms with Crippen molar-refractivity contribution < 1.29 is 23.5 Å². The number of nitrogens with zero attached hydrogens (tertiary/aromatic N) is 3. The summed E-state index contributed by atoms with van der Waals surface area (Å²) in [5.41, 5.74) is -0.403. The summed E-state index contributed by atoms with van der Waals surface area (Å²) < 4.78 is 17.2. The number of carbonyl (C=O) groups excluding carboxylic acids is 2. The van der Waals surface area contributed by atoms with E-state index in [2.05, 4.69) is 4.98 Å². The minimum atomic E-state index is -0.646. The number of morpholine rings is 1. The molecule has 3 heterocycles. The quantitative estimate of drug-likeness (QED) is 0.735. The fraction of sp³-hybridized carbons (Fsp3) is 0.556. The molecule has 0 aliphatic carbocycles. The summed E-state index contributed by atoms with van der Waals surface area (Å²) in [6.45, 7) is 7.97. The molecular formula is C18H23N3O6. The van der Waals surface area contributed by atoms with Crippen molar-refractivity contribution in [2.75, 3.05) is 19.7 Å². The zero-order chi connectivity index (χ0) is 19.7. The fourth-order valence-electron chi connectivity index (χ4n) is 3.33. The highest BCUT2D eigenvalue weighted by atomic mass is 16.5. The summed E-state index contributed by atoms with van der Waals surface area (Å²) in [5.74, 6) is -0.598. The van der Waals surface area contributed by atoms with Gasteiger partial charge in [-0.05, 0) is 27.7 Å². The maximum atomic E-state index is 12.9. The normalized spacial score (nSPS) is 20.1. The minimum Gasteiger partial charge on any atom is -0.462 e. The molecule has 146 valence electrons. The van der Waals surface area contributed by atoms with Crippen LogP contribution in [0.2, 0.25) is 0 Å². The predicted octanol–water partition coefficient (Wildman–Crippen LogP) is 1.11. The zero-order valence-electron chi connectivity index (χ0n) is 15.9. The average molecular weight is 377 g/mol. The zero-order valence-corrected chi connectivity index (χ0v) is 15.9. The molecule has 2 aromatic heterocycles. The minimum absolute atomic E-state index is 0.0324. The van der Waals surface area contributed by atoms with Gasteiger partial charge in [0.05, 0.1) is 18.8 Å². The maximum Gasteiger partial charge on any atom is 0.342 e. The molecule has 0 bridgehead atoms. The monoisotopic (exact) mass is 377 g/mol. The van der Waals surface area contributed by atoms with Crippen LogP contribution in [-0.4, -0.2) is 58.2 Å². The van der Waals surface area contributed by atoms with E-state index in [-0.39, 0.29) is 53.7 Å². The highest BCUT2D eigenvalue weighted by Crippen LogP contribution is 2.21. The molecule has 1 fully saturated rings. The van der Waals surface area contributed by atoms with E-state index in [1.54, 1.807) is 18.7 Å². The molecular weight excluding hydrogens is 354 g/mol. The van der Waals surface area contributed by atoms with Crippen molar-refractivity contribution in [1.29, 1.82) is 0 Å². The second-order valence-corrected chi connectivity index (χ2v) is 6.67. The Kier molecular flexibility index (Phi) is 5.31. The third-order valence-electron chi connectivity index (χ3n) is 4.41. The Morgan fingerprint density at radius 1 is 1.30 bits per heavy atom. The van der Waals surface area contributed by atoms with Crippen LogP contribution in [0.1, 0.15) is 36.9 Å². The number of hydrogen-bond acceptors (Lipinski definition) is 7. The molecule has 1 saturated heterocycles. The molecule has 2 aromatic rings. The molecule has 1 amide bonds. The lowest BCUT2D eigenvalue weighted by Gasteiger charge is -2.35. The van der Waals surface area contributed by atoms with Gasteiger partial charge in [0.25, 0.3) is 5.56 Å². The summed E-state index contributed by atoms with van der Waals surface area (Å²) in [4.78, 5) is 43.5. The van der Waals surface area contributed by atoms with Crippen LogP contribution in [0.3, 0.4) is 0 Å².